The SMILES string of the molecule is O=C(Nc1ncccn1)C1CCN(c2cc(-c3ccccc3)ncn2)CC1. The van der Waals surface area contributed by atoms with Crippen LogP contribution in [0.2, 0.25) is 0 Å². The van der Waals surface area contributed by atoms with Crippen LogP contribution in [-0.4, -0.2) is 38.9 Å². The van der Waals surface area contributed by atoms with Crippen LogP contribution in [0.15, 0.2) is 61.2 Å². The number of carbonyl (C=O) groups is 1. The molecule has 0 bridgehead atoms. The minimum absolute atomic E-state index is 0.0199. The Morgan fingerprint density at radius 2 is 1.70 bits per heavy atom. The second-order valence-electron chi connectivity index (χ2n) is 6.45. The Balaban J connectivity index is 1.39. The van der Waals surface area contributed by atoms with Crippen molar-refractivity contribution >= 4 is 17.7 Å². The van der Waals surface area contributed by atoms with Crippen molar-refractivity contribution in [1.29, 1.82) is 0 Å². The lowest BCUT2D eigenvalue weighted by molar-refractivity contribution is -0.120. The lowest BCUT2D eigenvalue weighted by Crippen LogP contribution is -2.38. The predicted octanol–water partition coefficient (Wildman–Crippen LogP) is 2.79. The lowest BCUT2D eigenvalue weighted by atomic mass is 9.96. The number of hydrogen-bond donors (Lipinski definition) is 1. The van der Waals surface area contributed by atoms with Crippen LogP contribution in [0.4, 0.5) is 11.8 Å². The van der Waals surface area contributed by atoms with E-state index in [1.165, 1.54) is 0 Å². The maximum Gasteiger partial charge on any atom is 0.229 e. The van der Waals surface area contributed by atoms with Gasteiger partial charge in [0.2, 0.25) is 11.9 Å². The molecule has 1 amide bonds. The van der Waals surface area contributed by atoms with Gasteiger partial charge in [0.05, 0.1) is 5.69 Å². The van der Waals surface area contributed by atoms with Gasteiger partial charge in [-0.25, -0.2) is 19.9 Å². The van der Waals surface area contributed by atoms with E-state index in [-0.39, 0.29) is 11.8 Å². The summed E-state index contributed by atoms with van der Waals surface area (Å²) in [5.74, 6) is 1.19. The van der Waals surface area contributed by atoms with Crippen LogP contribution in [-0.2, 0) is 4.79 Å². The number of carbonyl (C=O) groups excluding carboxylic acids is 1. The first kappa shape index (κ1) is 17.1. The second kappa shape index (κ2) is 7.90. The van der Waals surface area contributed by atoms with E-state index in [2.05, 4.69) is 30.2 Å². The number of nitrogens with zero attached hydrogens (tertiary/aromatic N) is 5. The van der Waals surface area contributed by atoms with Crippen LogP contribution < -0.4 is 10.2 Å². The topological polar surface area (TPSA) is 83.9 Å². The zero-order chi connectivity index (χ0) is 18.5. The molecule has 3 aromatic rings. The number of rotatable bonds is 4. The van der Waals surface area contributed by atoms with Crippen molar-refractivity contribution in [1.82, 2.24) is 19.9 Å². The normalized spacial score (nSPS) is 14.7. The molecule has 0 aliphatic carbocycles. The molecule has 7 heteroatoms. The van der Waals surface area contributed by atoms with Gasteiger partial charge in [-0.2, -0.15) is 0 Å². The molecule has 4 rings (SSSR count). The largest absolute Gasteiger partial charge is 0.356 e. The summed E-state index contributed by atoms with van der Waals surface area (Å²) in [5.41, 5.74) is 1.97. The van der Waals surface area contributed by atoms with Gasteiger partial charge < -0.3 is 4.90 Å². The molecule has 1 aromatic carbocycles. The summed E-state index contributed by atoms with van der Waals surface area (Å²) in [6.07, 6.45) is 6.37. The first-order valence-electron chi connectivity index (χ1n) is 9.00. The average molecular weight is 360 g/mol. The van der Waals surface area contributed by atoms with Gasteiger partial charge in [0.1, 0.15) is 12.1 Å². The van der Waals surface area contributed by atoms with E-state index >= 15 is 0 Å². The van der Waals surface area contributed by atoms with E-state index in [9.17, 15) is 4.79 Å². The fraction of sp³-hybridized carbons (Fsp3) is 0.250. The molecule has 136 valence electrons. The Morgan fingerprint density at radius 1 is 0.963 bits per heavy atom. The maximum atomic E-state index is 12.4. The third kappa shape index (κ3) is 4.08. The molecule has 1 saturated heterocycles. The fourth-order valence-electron chi connectivity index (χ4n) is 3.23. The van der Waals surface area contributed by atoms with E-state index in [0.717, 1.165) is 43.0 Å². The molecular formula is C20H20N6O. The summed E-state index contributed by atoms with van der Waals surface area (Å²) in [6, 6.07) is 13.8. The van der Waals surface area contributed by atoms with Crippen LogP contribution in [0, 0.1) is 5.92 Å². The highest BCUT2D eigenvalue weighted by Crippen LogP contribution is 2.25. The highest BCUT2D eigenvalue weighted by molar-refractivity contribution is 5.91. The van der Waals surface area contributed by atoms with Crippen LogP contribution in [0.3, 0.4) is 0 Å². The highest BCUT2D eigenvalue weighted by Gasteiger charge is 2.26. The zero-order valence-corrected chi connectivity index (χ0v) is 14.8. The minimum Gasteiger partial charge on any atom is -0.356 e. The van der Waals surface area contributed by atoms with Gasteiger partial charge in [0.15, 0.2) is 0 Å². The number of hydrogen-bond acceptors (Lipinski definition) is 6. The third-order valence-corrected chi connectivity index (χ3v) is 4.71. The van der Waals surface area contributed by atoms with Crippen molar-refractivity contribution in [3.05, 3.63) is 61.2 Å². The monoisotopic (exact) mass is 360 g/mol. The number of amides is 1. The minimum atomic E-state index is -0.0412. The molecule has 0 radical (unpaired) electrons. The number of aromatic nitrogens is 4. The summed E-state index contributed by atoms with van der Waals surface area (Å²) < 4.78 is 0. The van der Waals surface area contributed by atoms with Crippen LogP contribution in [0.5, 0.6) is 0 Å². The number of piperidine rings is 1. The molecule has 0 saturated carbocycles. The summed E-state index contributed by atoms with van der Waals surface area (Å²) >= 11 is 0. The third-order valence-electron chi connectivity index (χ3n) is 4.71. The molecule has 3 heterocycles. The smallest absolute Gasteiger partial charge is 0.229 e. The summed E-state index contributed by atoms with van der Waals surface area (Å²) in [5, 5.41) is 2.79. The Bertz CT molecular complexity index is 895. The van der Waals surface area contributed by atoms with Crippen molar-refractivity contribution in [2.75, 3.05) is 23.3 Å². The van der Waals surface area contributed by atoms with Crippen molar-refractivity contribution < 1.29 is 4.79 Å². The van der Waals surface area contributed by atoms with Gasteiger partial charge in [-0.1, -0.05) is 30.3 Å². The molecule has 1 N–H and O–H groups in total. The Hall–Kier alpha value is -3.35. The molecule has 2 aromatic heterocycles. The first-order valence-corrected chi connectivity index (χ1v) is 9.00. The van der Waals surface area contributed by atoms with E-state index in [1.807, 2.05) is 36.4 Å². The van der Waals surface area contributed by atoms with Gasteiger partial charge in [-0.3, -0.25) is 10.1 Å². The van der Waals surface area contributed by atoms with Crippen molar-refractivity contribution in [3.63, 3.8) is 0 Å². The van der Waals surface area contributed by atoms with E-state index in [1.54, 1.807) is 24.8 Å². The van der Waals surface area contributed by atoms with Gasteiger partial charge in [-0.15, -0.1) is 0 Å². The summed E-state index contributed by atoms with van der Waals surface area (Å²) in [4.78, 5) is 31.5. The Kier molecular flexibility index (Phi) is 5.00. The second-order valence-corrected chi connectivity index (χ2v) is 6.45. The first-order chi connectivity index (χ1) is 13.3. The van der Waals surface area contributed by atoms with Crippen LogP contribution in [0.25, 0.3) is 11.3 Å². The van der Waals surface area contributed by atoms with Gasteiger partial charge in [0, 0.05) is 43.0 Å². The van der Waals surface area contributed by atoms with Crippen molar-refractivity contribution in [2.45, 2.75) is 12.8 Å². The number of benzene rings is 1. The molecule has 1 aliphatic rings. The maximum absolute atomic E-state index is 12.4. The molecule has 27 heavy (non-hydrogen) atoms. The zero-order valence-electron chi connectivity index (χ0n) is 14.8. The van der Waals surface area contributed by atoms with Gasteiger partial charge in [0.25, 0.3) is 0 Å². The number of anilines is 2. The van der Waals surface area contributed by atoms with E-state index < -0.39 is 0 Å². The standard InChI is InChI=1S/C20H20N6O/c27-19(25-20-21-9-4-10-22-20)16-7-11-26(12-8-16)18-13-17(23-14-24-18)15-5-2-1-3-6-15/h1-6,9-10,13-14,16H,7-8,11-12H2,(H,21,22,25,27). The molecule has 7 nitrogen and oxygen atoms in total. The quantitative estimate of drug-likeness (QED) is 0.770. The lowest BCUT2D eigenvalue weighted by Gasteiger charge is -2.32. The number of nitrogens with one attached hydrogen (secondary N) is 1. The fourth-order valence-corrected chi connectivity index (χ4v) is 3.23. The van der Waals surface area contributed by atoms with Crippen molar-refractivity contribution in [3.8, 4) is 11.3 Å². The van der Waals surface area contributed by atoms with Crippen LogP contribution >= 0.6 is 0 Å². The summed E-state index contributed by atoms with van der Waals surface area (Å²) in [7, 11) is 0. The molecular weight excluding hydrogens is 340 g/mol. The van der Waals surface area contributed by atoms with Crippen LogP contribution in [0.1, 0.15) is 12.8 Å². The Morgan fingerprint density at radius 3 is 2.44 bits per heavy atom. The molecule has 1 fully saturated rings. The molecule has 0 atom stereocenters. The molecule has 1 aliphatic heterocycles. The van der Waals surface area contributed by atoms with Gasteiger partial charge in [-0.05, 0) is 18.9 Å². The highest BCUT2D eigenvalue weighted by atomic mass is 16.2. The van der Waals surface area contributed by atoms with Crippen molar-refractivity contribution in [2.24, 2.45) is 5.92 Å². The summed E-state index contributed by atoms with van der Waals surface area (Å²) in [6.45, 7) is 1.55. The molecule has 0 unspecified atom stereocenters. The predicted molar refractivity (Wildman–Crippen MR) is 103 cm³/mol. The Labute approximate surface area is 157 Å². The average Bonchev–Trinajstić information content (AvgIpc) is 2.75. The van der Waals surface area contributed by atoms with E-state index in [4.69, 9.17) is 0 Å². The van der Waals surface area contributed by atoms with Gasteiger partial charge >= 0.3 is 0 Å². The van der Waals surface area contributed by atoms with E-state index in [0.29, 0.717) is 5.95 Å². The molecule has 0 spiro atoms.